The van der Waals surface area contributed by atoms with Gasteiger partial charge in [-0.1, -0.05) is 37.1 Å². The Morgan fingerprint density at radius 3 is 2.61 bits per heavy atom. The second-order valence-electron chi connectivity index (χ2n) is 8.22. The van der Waals surface area contributed by atoms with Gasteiger partial charge in [0.05, 0.1) is 17.7 Å². The van der Waals surface area contributed by atoms with E-state index in [2.05, 4.69) is 0 Å². The summed E-state index contributed by atoms with van der Waals surface area (Å²) < 4.78 is 0. The monoisotopic (exact) mass is 431 g/mol. The smallest absolute Gasteiger partial charge is 0.335 e. The molecule has 1 heterocycles. The van der Waals surface area contributed by atoms with Crippen LogP contribution in [0.5, 0.6) is 0 Å². The molecule has 1 aromatic carbocycles. The van der Waals surface area contributed by atoms with E-state index in [0.717, 1.165) is 37.7 Å². The van der Waals surface area contributed by atoms with Gasteiger partial charge in [-0.05, 0) is 49.8 Å². The summed E-state index contributed by atoms with van der Waals surface area (Å²) in [5.41, 5.74) is 1.78. The van der Waals surface area contributed by atoms with Crippen LogP contribution in [-0.2, 0) is 16.0 Å². The van der Waals surface area contributed by atoms with Crippen LogP contribution >= 0.6 is 0 Å². The Bertz CT molecular complexity index is 803. The number of aromatic carboxylic acids is 1. The molecule has 31 heavy (non-hydrogen) atoms. The Balaban J connectivity index is 1.87. The molecule has 2 rings (SSSR count). The van der Waals surface area contributed by atoms with Crippen molar-refractivity contribution in [1.82, 2.24) is 4.90 Å². The number of carboxylic acids is 2. The summed E-state index contributed by atoms with van der Waals surface area (Å²) in [6.07, 6.45) is 8.94. The maximum Gasteiger partial charge on any atom is 0.335 e. The van der Waals surface area contributed by atoms with E-state index in [9.17, 15) is 19.5 Å². The van der Waals surface area contributed by atoms with Gasteiger partial charge >= 0.3 is 11.9 Å². The van der Waals surface area contributed by atoms with E-state index < -0.39 is 18.0 Å². The van der Waals surface area contributed by atoms with Crippen LogP contribution in [0.25, 0.3) is 0 Å². The largest absolute Gasteiger partial charge is 0.481 e. The van der Waals surface area contributed by atoms with E-state index in [-0.39, 0.29) is 23.9 Å². The summed E-state index contributed by atoms with van der Waals surface area (Å²) >= 11 is 0. The third-order valence-corrected chi connectivity index (χ3v) is 5.67. The number of carbonyl (C=O) groups is 3. The highest BCUT2D eigenvalue weighted by atomic mass is 16.4. The molecule has 3 N–H and O–H groups in total. The first kappa shape index (κ1) is 24.6. The number of carboxylic acid groups (broad SMARTS) is 2. The van der Waals surface area contributed by atoms with Crippen molar-refractivity contribution in [3.05, 3.63) is 47.0 Å². The van der Waals surface area contributed by atoms with Crippen molar-refractivity contribution in [1.29, 1.82) is 0 Å². The third-order valence-electron chi connectivity index (χ3n) is 5.67. The van der Waals surface area contributed by atoms with Crippen molar-refractivity contribution in [2.75, 3.05) is 6.54 Å². The Morgan fingerprint density at radius 1 is 1.19 bits per heavy atom. The minimum atomic E-state index is -0.964. The predicted octanol–water partition coefficient (Wildman–Crippen LogP) is 3.57. The lowest BCUT2D eigenvalue weighted by Crippen LogP contribution is -2.43. The topological polar surface area (TPSA) is 115 Å². The van der Waals surface area contributed by atoms with Crippen molar-refractivity contribution < 1.29 is 29.7 Å². The first-order valence-electron chi connectivity index (χ1n) is 11.0. The molecule has 1 aliphatic rings. The number of piperidine rings is 1. The fourth-order valence-electron chi connectivity index (χ4n) is 4.01. The van der Waals surface area contributed by atoms with Gasteiger partial charge in [-0.2, -0.15) is 0 Å². The third kappa shape index (κ3) is 8.17. The van der Waals surface area contributed by atoms with Crippen molar-refractivity contribution in [3.63, 3.8) is 0 Å². The number of nitrogens with zero attached hydrogens (tertiary/aromatic N) is 1. The first-order valence-corrected chi connectivity index (χ1v) is 11.0. The second kappa shape index (κ2) is 12.2. The average Bonchev–Trinajstić information content (AvgIpc) is 2.69. The number of aliphatic hydroxyl groups excluding tert-OH is 1. The molecule has 0 saturated carbocycles. The standard InChI is InChI=1S/C24H33NO6/c1-17-15-18(10-13-21(17)24(30)31)16-20(26)12-11-19-7-6-8-22(27)25(19)14-5-3-2-4-9-23(28)29/h10-13,15,19-20,26H,2-9,14,16H2,1H3,(H,28,29)(H,30,31)/b12-11+/t19-,20?/m1/s1. The molecule has 0 spiro atoms. The van der Waals surface area contributed by atoms with Crippen LogP contribution in [0.1, 0.15) is 72.9 Å². The molecule has 7 nitrogen and oxygen atoms in total. The molecular weight excluding hydrogens is 398 g/mol. The van der Waals surface area contributed by atoms with E-state index in [4.69, 9.17) is 10.2 Å². The molecule has 1 saturated heterocycles. The summed E-state index contributed by atoms with van der Waals surface area (Å²) in [7, 11) is 0. The number of aliphatic hydroxyl groups is 1. The highest BCUT2D eigenvalue weighted by molar-refractivity contribution is 5.89. The number of carbonyl (C=O) groups excluding carboxylic acids is 1. The molecule has 7 heteroatoms. The number of aliphatic carboxylic acids is 1. The van der Waals surface area contributed by atoms with Gasteiger partial charge in [0.2, 0.25) is 5.91 Å². The summed E-state index contributed by atoms with van der Waals surface area (Å²) in [6, 6.07) is 5.02. The van der Waals surface area contributed by atoms with Crippen LogP contribution < -0.4 is 0 Å². The minimum Gasteiger partial charge on any atom is -0.481 e. The summed E-state index contributed by atoms with van der Waals surface area (Å²) in [6.45, 7) is 2.38. The van der Waals surface area contributed by atoms with Gasteiger partial charge in [0.15, 0.2) is 0 Å². The van der Waals surface area contributed by atoms with E-state index in [0.29, 0.717) is 31.4 Å². The van der Waals surface area contributed by atoms with Gasteiger partial charge in [-0.25, -0.2) is 4.79 Å². The molecule has 0 radical (unpaired) electrons. The number of unbranched alkanes of at least 4 members (excludes halogenated alkanes) is 3. The van der Waals surface area contributed by atoms with Crippen LogP contribution in [0.3, 0.4) is 0 Å². The maximum absolute atomic E-state index is 12.4. The first-order chi connectivity index (χ1) is 14.8. The molecule has 0 aromatic heterocycles. The Kier molecular flexibility index (Phi) is 9.72. The number of hydrogen-bond acceptors (Lipinski definition) is 4. The minimum absolute atomic E-state index is 0.0361. The zero-order valence-electron chi connectivity index (χ0n) is 18.1. The number of hydrogen-bond donors (Lipinski definition) is 3. The van der Waals surface area contributed by atoms with E-state index in [1.807, 2.05) is 11.0 Å². The highest BCUT2D eigenvalue weighted by Gasteiger charge is 2.25. The van der Waals surface area contributed by atoms with Gasteiger partial charge in [0.25, 0.3) is 0 Å². The second-order valence-corrected chi connectivity index (χ2v) is 8.22. The van der Waals surface area contributed by atoms with Crippen LogP contribution in [0, 0.1) is 6.92 Å². The summed E-state index contributed by atoms with van der Waals surface area (Å²) in [4.78, 5) is 35.9. The van der Waals surface area contributed by atoms with Crippen molar-refractivity contribution in [2.45, 2.75) is 76.9 Å². The summed E-state index contributed by atoms with van der Waals surface area (Å²) in [5.74, 6) is -1.61. The maximum atomic E-state index is 12.4. The van der Waals surface area contributed by atoms with Crippen LogP contribution in [0.4, 0.5) is 0 Å². The highest BCUT2D eigenvalue weighted by Crippen LogP contribution is 2.21. The normalized spacial score (nSPS) is 17.8. The lowest BCUT2D eigenvalue weighted by Gasteiger charge is -2.34. The number of amides is 1. The van der Waals surface area contributed by atoms with Gasteiger partial charge in [0, 0.05) is 25.8 Å². The molecule has 1 aliphatic heterocycles. The molecular formula is C24H33NO6. The Morgan fingerprint density at radius 2 is 1.94 bits per heavy atom. The molecule has 0 aliphatic carbocycles. The number of likely N-dealkylation sites (tertiary alicyclic amines) is 1. The van der Waals surface area contributed by atoms with Gasteiger partial charge in [-0.15, -0.1) is 0 Å². The van der Waals surface area contributed by atoms with Crippen molar-refractivity contribution in [3.8, 4) is 0 Å². The van der Waals surface area contributed by atoms with Crippen molar-refractivity contribution >= 4 is 17.8 Å². The van der Waals surface area contributed by atoms with Gasteiger partial charge in [0.1, 0.15) is 0 Å². The van der Waals surface area contributed by atoms with E-state index in [1.165, 1.54) is 0 Å². The fraction of sp³-hybridized carbons (Fsp3) is 0.542. The fourth-order valence-corrected chi connectivity index (χ4v) is 4.01. The Labute approximate surface area is 183 Å². The van der Waals surface area contributed by atoms with E-state index >= 15 is 0 Å². The molecule has 1 aromatic rings. The predicted molar refractivity (Wildman–Crippen MR) is 117 cm³/mol. The van der Waals surface area contributed by atoms with Crippen LogP contribution in [0.2, 0.25) is 0 Å². The zero-order chi connectivity index (χ0) is 22.8. The van der Waals surface area contributed by atoms with Crippen molar-refractivity contribution in [2.24, 2.45) is 0 Å². The number of aryl methyl sites for hydroxylation is 1. The number of rotatable bonds is 12. The zero-order valence-corrected chi connectivity index (χ0v) is 18.1. The number of benzene rings is 1. The molecule has 2 atom stereocenters. The van der Waals surface area contributed by atoms with Gasteiger partial charge in [-0.3, -0.25) is 9.59 Å². The lowest BCUT2D eigenvalue weighted by molar-refractivity contribution is -0.137. The average molecular weight is 432 g/mol. The quantitative estimate of drug-likeness (QED) is 0.344. The van der Waals surface area contributed by atoms with Crippen LogP contribution in [-0.4, -0.2) is 56.8 Å². The molecule has 170 valence electrons. The summed E-state index contributed by atoms with van der Waals surface area (Å²) in [5, 5.41) is 28.2. The molecule has 1 fully saturated rings. The SMILES string of the molecule is Cc1cc(CC(O)/C=C/[C@H]2CCCC(=O)N2CCCCCCC(=O)O)ccc1C(=O)O. The lowest BCUT2D eigenvalue weighted by atomic mass is 9.98. The Hall–Kier alpha value is -2.67. The molecule has 0 bridgehead atoms. The van der Waals surface area contributed by atoms with Crippen LogP contribution in [0.15, 0.2) is 30.4 Å². The van der Waals surface area contributed by atoms with E-state index in [1.54, 1.807) is 31.2 Å². The van der Waals surface area contributed by atoms with Gasteiger partial charge < -0.3 is 20.2 Å². The molecule has 1 amide bonds. The molecule has 1 unspecified atom stereocenters.